The topological polar surface area (TPSA) is 67.4 Å². The molecule has 0 bridgehead atoms. The molecule has 1 aromatic carbocycles. The van der Waals surface area contributed by atoms with E-state index in [9.17, 15) is 9.59 Å². The van der Waals surface area contributed by atoms with Crippen molar-refractivity contribution in [2.45, 2.75) is 58.4 Å². The van der Waals surface area contributed by atoms with E-state index in [1.54, 1.807) is 12.1 Å². The number of unbranched alkanes of at least 4 members (excludes halogenated alkanes) is 2. The van der Waals surface area contributed by atoms with Gasteiger partial charge in [0.15, 0.2) is 5.78 Å². The van der Waals surface area contributed by atoms with E-state index >= 15 is 0 Å². The molecule has 0 radical (unpaired) electrons. The Morgan fingerprint density at radius 1 is 1.19 bits per heavy atom. The van der Waals surface area contributed by atoms with Crippen molar-refractivity contribution in [2.75, 3.05) is 19.7 Å². The Hall–Kier alpha value is -1.88. The normalized spacial score (nSPS) is 19.8. The van der Waals surface area contributed by atoms with Gasteiger partial charge in [-0.15, -0.1) is 0 Å². The van der Waals surface area contributed by atoms with Crippen LogP contribution in [0.1, 0.15) is 62.7 Å². The minimum absolute atomic E-state index is 0.00366. The van der Waals surface area contributed by atoms with Gasteiger partial charge in [0.05, 0.1) is 6.61 Å². The fourth-order valence-electron chi connectivity index (χ4n) is 3.16. The lowest BCUT2D eigenvalue weighted by Gasteiger charge is -2.30. The van der Waals surface area contributed by atoms with Crippen molar-refractivity contribution < 1.29 is 14.3 Å². The first kappa shape index (κ1) is 20.4. The first-order valence-electron chi connectivity index (χ1n) is 9.86. The van der Waals surface area contributed by atoms with E-state index in [-0.39, 0.29) is 30.6 Å². The number of Topliss-reactive ketones (excluding diaryl/α,β-unsaturated/α-hetero) is 1. The molecule has 0 aliphatic carbocycles. The van der Waals surface area contributed by atoms with E-state index in [0.717, 1.165) is 38.1 Å². The van der Waals surface area contributed by atoms with Crippen molar-refractivity contribution in [1.29, 1.82) is 0 Å². The maximum Gasteiger partial charge on any atom is 0.220 e. The number of ketones is 1. The summed E-state index contributed by atoms with van der Waals surface area (Å²) < 4.78 is 5.66. The summed E-state index contributed by atoms with van der Waals surface area (Å²) >= 11 is 0. The van der Waals surface area contributed by atoms with Crippen molar-refractivity contribution in [3.63, 3.8) is 0 Å². The van der Waals surface area contributed by atoms with Gasteiger partial charge in [0.2, 0.25) is 5.91 Å². The fourth-order valence-corrected chi connectivity index (χ4v) is 3.16. The average Bonchev–Trinajstić information content (AvgIpc) is 2.66. The highest BCUT2D eigenvalue weighted by molar-refractivity contribution is 5.98. The van der Waals surface area contributed by atoms with E-state index in [0.29, 0.717) is 18.1 Å². The summed E-state index contributed by atoms with van der Waals surface area (Å²) in [6.07, 6.45) is 4.80. The number of nitrogens with one attached hydrogen (secondary N) is 2. The van der Waals surface area contributed by atoms with Crippen LogP contribution in [0.25, 0.3) is 0 Å². The van der Waals surface area contributed by atoms with Gasteiger partial charge in [0, 0.05) is 24.4 Å². The molecular weight excluding hydrogens is 328 g/mol. The Labute approximate surface area is 156 Å². The van der Waals surface area contributed by atoms with Crippen LogP contribution >= 0.6 is 0 Å². The molecule has 2 N–H and O–H groups in total. The molecule has 5 nitrogen and oxygen atoms in total. The molecule has 0 spiro atoms. The van der Waals surface area contributed by atoms with E-state index in [2.05, 4.69) is 24.5 Å². The Balaban J connectivity index is 1.72. The Morgan fingerprint density at radius 2 is 1.96 bits per heavy atom. The van der Waals surface area contributed by atoms with Crippen molar-refractivity contribution in [3.8, 4) is 5.75 Å². The number of piperidine rings is 1. The molecule has 2 unspecified atom stereocenters. The molecule has 144 valence electrons. The van der Waals surface area contributed by atoms with Gasteiger partial charge in [-0.1, -0.05) is 26.7 Å². The average molecular weight is 360 g/mol. The Bertz CT molecular complexity index is 571. The molecule has 1 aliphatic rings. The van der Waals surface area contributed by atoms with E-state index in [1.165, 1.54) is 6.42 Å². The summed E-state index contributed by atoms with van der Waals surface area (Å²) in [5, 5.41) is 6.38. The molecule has 1 amide bonds. The minimum Gasteiger partial charge on any atom is -0.494 e. The van der Waals surface area contributed by atoms with Crippen LogP contribution in [-0.2, 0) is 4.79 Å². The first-order valence-corrected chi connectivity index (χ1v) is 9.86. The molecule has 5 heteroatoms. The van der Waals surface area contributed by atoms with Crippen molar-refractivity contribution in [2.24, 2.45) is 5.92 Å². The quantitative estimate of drug-likeness (QED) is 0.496. The van der Waals surface area contributed by atoms with E-state index in [4.69, 9.17) is 4.74 Å². The molecule has 1 aliphatic heterocycles. The van der Waals surface area contributed by atoms with E-state index < -0.39 is 0 Å². The number of hydrogen-bond acceptors (Lipinski definition) is 4. The van der Waals surface area contributed by atoms with Crippen LogP contribution in [-0.4, -0.2) is 37.4 Å². The van der Waals surface area contributed by atoms with Gasteiger partial charge in [-0.3, -0.25) is 9.59 Å². The summed E-state index contributed by atoms with van der Waals surface area (Å²) in [5.41, 5.74) is 0.633. The second kappa shape index (κ2) is 11.0. The molecule has 1 saturated heterocycles. The van der Waals surface area contributed by atoms with Crippen LogP contribution in [0.15, 0.2) is 24.3 Å². The lowest BCUT2D eigenvalue weighted by atomic mass is 9.95. The zero-order chi connectivity index (χ0) is 18.8. The van der Waals surface area contributed by atoms with Gasteiger partial charge >= 0.3 is 0 Å². The van der Waals surface area contributed by atoms with Crippen LogP contribution in [0.3, 0.4) is 0 Å². The lowest BCUT2D eigenvalue weighted by Crippen LogP contribution is -2.48. The third-order valence-electron chi connectivity index (χ3n) is 4.90. The number of benzene rings is 1. The third kappa shape index (κ3) is 6.79. The third-order valence-corrected chi connectivity index (χ3v) is 4.90. The summed E-state index contributed by atoms with van der Waals surface area (Å²) in [4.78, 5) is 24.4. The number of ether oxygens (including phenoxy) is 1. The summed E-state index contributed by atoms with van der Waals surface area (Å²) in [6, 6.07) is 7.43. The molecule has 2 atom stereocenters. The highest BCUT2D eigenvalue weighted by Crippen LogP contribution is 2.15. The molecule has 0 aromatic heterocycles. The lowest BCUT2D eigenvalue weighted by molar-refractivity contribution is -0.122. The van der Waals surface area contributed by atoms with Crippen LogP contribution in [0.2, 0.25) is 0 Å². The number of amides is 1. The standard InChI is InChI=1S/C21H32N2O3/c1-3-4-5-14-26-18-8-6-17(7-9-18)20(24)10-11-21(25)23-19-12-13-22-15-16(19)2/h6-9,16,19,22H,3-5,10-15H2,1-2H3,(H,23,25). The van der Waals surface area contributed by atoms with Gasteiger partial charge in [-0.05, 0) is 56.1 Å². The summed E-state index contributed by atoms with van der Waals surface area (Å²) in [6.45, 7) is 6.86. The van der Waals surface area contributed by atoms with Gasteiger partial charge in [-0.2, -0.15) is 0 Å². The van der Waals surface area contributed by atoms with Crippen LogP contribution < -0.4 is 15.4 Å². The first-order chi connectivity index (χ1) is 12.6. The highest BCUT2D eigenvalue weighted by atomic mass is 16.5. The molecule has 1 heterocycles. The number of carbonyl (C=O) groups is 2. The molecule has 26 heavy (non-hydrogen) atoms. The molecular formula is C21H32N2O3. The van der Waals surface area contributed by atoms with Gasteiger partial charge in [0.25, 0.3) is 0 Å². The number of hydrogen-bond donors (Lipinski definition) is 2. The molecule has 2 rings (SSSR count). The second-order valence-electron chi connectivity index (χ2n) is 7.15. The Morgan fingerprint density at radius 3 is 2.65 bits per heavy atom. The Kier molecular flexibility index (Phi) is 8.62. The van der Waals surface area contributed by atoms with Crippen LogP contribution in [0, 0.1) is 5.92 Å². The zero-order valence-corrected chi connectivity index (χ0v) is 16.1. The minimum atomic E-state index is -0.0343. The maximum atomic E-state index is 12.3. The smallest absolute Gasteiger partial charge is 0.220 e. The highest BCUT2D eigenvalue weighted by Gasteiger charge is 2.22. The largest absolute Gasteiger partial charge is 0.494 e. The van der Waals surface area contributed by atoms with Gasteiger partial charge in [0.1, 0.15) is 5.75 Å². The monoisotopic (exact) mass is 360 g/mol. The predicted molar refractivity (Wildman–Crippen MR) is 104 cm³/mol. The second-order valence-corrected chi connectivity index (χ2v) is 7.15. The fraction of sp³-hybridized carbons (Fsp3) is 0.619. The van der Waals surface area contributed by atoms with Gasteiger partial charge < -0.3 is 15.4 Å². The zero-order valence-electron chi connectivity index (χ0n) is 16.1. The van der Waals surface area contributed by atoms with Crippen LogP contribution in [0.5, 0.6) is 5.75 Å². The van der Waals surface area contributed by atoms with Crippen molar-refractivity contribution in [3.05, 3.63) is 29.8 Å². The molecule has 0 saturated carbocycles. The number of carbonyl (C=O) groups excluding carboxylic acids is 2. The van der Waals surface area contributed by atoms with Gasteiger partial charge in [-0.25, -0.2) is 0 Å². The van der Waals surface area contributed by atoms with E-state index in [1.807, 2.05) is 12.1 Å². The van der Waals surface area contributed by atoms with Crippen molar-refractivity contribution in [1.82, 2.24) is 10.6 Å². The number of rotatable bonds is 10. The van der Waals surface area contributed by atoms with Crippen molar-refractivity contribution >= 4 is 11.7 Å². The predicted octanol–water partition coefficient (Wildman–Crippen LogP) is 3.33. The summed E-state index contributed by atoms with van der Waals surface area (Å²) in [7, 11) is 0. The summed E-state index contributed by atoms with van der Waals surface area (Å²) in [5.74, 6) is 1.17. The maximum absolute atomic E-state index is 12.3. The van der Waals surface area contributed by atoms with Crippen LogP contribution in [0.4, 0.5) is 0 Å². The molecule has 1 fully saturated rings. The SMILES string of the molecule is CCCCCOc1ccc(C(=O)CCC(=O)NC2CCNCC2C)cc1. The molecule has 1 aromatic rings.